The standard InChI is InChI=1S/C15H22O5/c1-12(2)5-4-10(17)13(3)15(12)7-6-14(18,9-16)11(8-15)19-20-13/h4-5,11,16,18H,6-9H2,1-3H3/t11?,13-,14+,15-/m1/s1. The Bertz CT molecular complexity index is 485. The Kier molecular flexibility index (Phi) is 2.78. The summed E-state index contributed by atoms with van der Waals surface area (Å²) in [6, 6.07) is 0. The van der Waals surface area contributed by atoms with Crippen molar-refractivity contribution in [1.82, 2.24) is 0 Å². The van der Waals surface area contributed by atoms with Crippen molar-refractivity contribution in [2.75, 3.05) is 6.61 Å². The highest BCUT2D eigenvalue weighted by Crippen LogP contribution is 2.64. The van der Waals surface area contributed by atoms with Crippen LogP contribution in [-0.4, -0.2) is 39.9 Å². The predicted molar refractivity (Wildman–Crippen MR) is 70.6 cm³/mol. The molecule has 1 saturated heterocycles. The lowest BCUT2D eigenvalue weighted by molar-refractivity contribution is -0.463. The van der Waals surface area contributed by atoms with E-state index in [9.17, 15) is 15.0 Å². The van der Waals surface area contributed by atoms with Gasteiger partial charge in [-0.1, -0.05) is 19.9 Å². The van der Waals surface area contributed by atoms with E-state index in [1.807, 2.05) is 6.08 Å². The SMILES string of the molecule is CC1(C)C=CC(=O)[C@@]2(C)OOC3C[C@]12CC[C@]3(O)CO. The Balaban J connectivity index is 2.10. The Hall–Kier alpha value is -0.750. The molecule has 0 amide bonds. The quantitative estimate of drug-likeness (QED) is 0.705. The van der Waals surface area contributed by atoms with E-state index in [1.54, 1.807) is 13.0 Å². The van der Waals surface area contributed by atoms with Crippen molar-refractivity contribution in [3.8, 4) is 0 Å². The number of aliphatic hydroxyl groups excluding tert-OH is 1. The molecule has 3 aliphatic rings. The molecule has 5 heteroatoms. The largest absolute Gasteiger partial charge is 0.393 e. The molecule has 1 unspecified atom stereocenters. The molecule has 1 aliphatic heterocycles. The zero-order chi connectivity index (χ0) is 14.8. The molecular weight excluding hydrogens is 260 g/mol. The van der Waals surface area contributed by atoms with Gasteiger partial charge in [0.05, 0.1) is 6.61 Å². The van der Waals surface area contributed by atoms with Crippen molar-refractivity contribution in [2.24, 2.45) is 10.8 Å². The number of carbonyl (C=O) groups is 1. The minimum atomic E-state index is -1.28. The van der Waals surface area contributed by atoms with E-state index < -0.39 is 22.7 Å². The van der Waals surface area contributed by atoms with E-state index in [2.05, 4.69) is 13.8 Å². The molecule has 2 fully saturated rings. The fourth-order valence-electron chi connectivity index (χ4n) is 4.25. The molecule has 0 aromatic rings. The summed E-state index contributed by atoms with van der Waals surface area (Å²) in [5.74, 6) is -0.0929. The Labute approximate surface area is 118 Å². The van der Waals surface area contributed by atoms with E-state index in [4.69, 9.17) is 9.78 Å². The van der Waals surface area contributed by atoms with Crippen LogP contribution in [0.5, 0.6) is 0 Å². The molecule has 0 aromatic carbocycles. The number of rotatable bonds is 1. The monoisotopic (exact) mass is 282 g/mol. The van der Waals surface area contributed by atoms with Crippen LogP contribution >= 0.6 is 0 Å². The molecular formula is C15H22O5. The summed E-state index contributed by atoms with van der Waals surface area (Å²) in [5.41, 5.74) is -2.98. The molecule has 0 aromatic heterocycles. The first-order valence-corrected chi connectivity index (χ1v) is 7.12. The second kappa shape index (κ2) is 3.91. The van der Waals surface area contributed by atoms with Gasteiger partial charge in [-0.2, -0.15) is 0 Å². The van der Waals surface area contributed by atoms with Gasteiger partial charge in [0.1, 0.15) is 11.7 Å². The van der Waals surface area contributed by atoms with Crippen molar-refractivity contribution in [3.63, 3.8) is 0 Å². The first-order valence-electron chi connectivity index (χ1n) is 7.12. The molecule has 1 saturated carbocycles. The van der Waals surface area contributed by atoms with Gasteiger partial charge < -0.3 is 10.2 Å². The average Bonchev–Trinajstić information content (AvgIpc) is 2.42. The van der Waals surface area contributed by atoms with Crippen LogP contribution in [0.15, 0.2) is 12.2 Å². The molecule has 3 rings (SSSR count). The summed E-state index contributed by atoms with van der Waals surface area (Å²) in [6.07, 6.45) is 4.42. The van der Waals surface area contributed by atoms with Crippen LogP contribution in [0.2, 0.25) is 0 Å². The molecule has 20 heavy (non-hydrogen) atoms. The number of ketones is 1. The maximum absolute atomic E-state index is 12.4. The fourth-order valence-corrected chi connectivity index (χ4v) is 4.25. The third-order valence-corrected chi connectivity index (χ3v) is 5.99. The molecule has 4 atom stereocenters. The van der Waals surface area contributed by atoms with E-state index in [1.165, 1.54) is 0 Å². The molecule has 0 radical (unpaired) electrons. The highest BCUT2D eigenvalue weighted by Gasteiger charge is 2.69. The van der Waals surface area contributed by atoms with Crippen LogP contribution in [0, 0.1) is 10.8 Å². The number of aliphatic hydroxyl groups is 2. The van der Waals surface area contributed by atoms with Gasteiger partial charge in [-0.25, -0.2) is 9.78 Å². The number of carbonyl (C=O) groups excluding carboxylic acids is 1. The second-order valence-electron chi connectivity index (χ2n) is 7.17. The number of hydrogen-bond donors (Lipinski definition) is 2. The fraction of sp³-hybridized carbons (Fsp3) is 0.800. The third kappa shape index (κ3) is 1.44. The summed E-state index contributed by atoms with van der Waals surface area (Å²) in [7, 11) is 0. The number of fused-ring (bicyclic) bond motifs is 1. The lowest BCUT2D eigenvalue weighted by Gasteiger charge is -2.63. The van der Waals surface area contributed by atoms with E-state index in [-0.39, 0.29) is 17.8 Å². The maximum Gasteiger partial charge on any atom is 0.190 e. The van der Waals surface area contributed by atoms with Crippen LogP contribution < -0.4 is 0 Å². The normalized spacial score (nSPS) is 49.9. The maximum atomic E-state index is 12.4. The van der Waals surface area contributed by atoms with Gasteiger partial charge in [-0.05, 0) is 37.7 Å². The van der Waals surface area contributed by atoms with Gasteiger partial charge in [-0.3, -0.25) is 4.79 Å². The lowest BCUT2D eigenvalue weighted by Crippen LogP contribution is -2.71. The predicted octanol–water partition coefficient (Wildman–Crippen LogP) is 1.13. The summed E-state index contributed by atoms with van der Waals surface area (Å²) in [6.45, 7) is 5.59. The zero-order valence-corrected chi connectivity index (χ0v) is 12.2. The summed E-state index contributed by atoms with van der Waals surface area (Å²) < 4.78 is 0. The molecule has 2 N–H and O–H groups in total. The summed E-state index contributed by atoms with van der Waals surface area (Å²) >= 11 is 0. The number of hydrogen-bond acceptors (Lipinski definition) is 5. The average molecular weight is 282 g/mol. The first-order chi connectivity index (χ1) is 9.21. The zero-order valence-electron chi connectivity index (χ0n) is 12.2. The van der Waals surface area contributed by atoms with Gasteiger partial charge >= 0.3 is 0 Å². The molecule has 5 nitrogen and oxygen atoms in total. The summed E-state index contributed by atoms with van der Waals surface area (Å²) in [4.78, 5) is 23.2. The van der Waals surface area contributed by atoms with Crippen molar-refractivity contribution >= 4 is 5.78 Å². The van der Waals surface area contributed by atoms with Crippen LogP contribution in [0.1, 0.15) is 40.0 Å². The van der Waals surface area contributed by atoms with Crippen molar-refractivity contribution < 1.29 is 24.8 Å². The van der Waals surface area contributed by atoms with Gasteiger partial charge in [0.2, 0.25) is 0 Å². The highest BCUT2D eigenvalue weighted by atomic mass is 17.2. The van der Waals surface area contributed by atoms with E-state index in [0.717, 1.165) is 0 Å². The van der Waals surface area contributed by atoms with Crippen molar-refractivity contribution in [3.05, 3.63) is 12.2 Å². The molecule has 1 heterocycles. The molecule has 112 valence electrons. The molecule has 2 aliphatic carbocycles. The van der Waals surface area contributed by atoms with Crippen molar-refractivity contribution in [2.45, 2.75) is 57.3 Å². The van der Waals surface area contributed by atoms with Crippen LogP contribution in [-0.2, 0) is 14.6 Å². The van der Waals surface area contributed by atoms with Gasteiger partial charge in [0.15, 0.2) is 11.4 Å². The van der Waals surface area contributed by atoms with Crippen LogP contribution in [0.25, 0.3) is 0 Å². The second-order valence-corrected chi connectivity index (χ2v) is 7.17. The number of allylic oxidation sites excluding steroid dienone is 1. The smallest absolute Gasteiger partial charge is 0.190 e. The van der Waals surface area contributed by atoms with Gasteiger partial charge in [0, 0.05) is 5.41 Å². The molecule has 1 spiro atoms. The van der Waals surface area contributed by atoms with Crippen LogP contribution in [0.4, 0.5) is 0 Å². The van der Waals surface area contributed by atoms with E-state index in [0.29, 0.717) is 19.3 Å². The topological polar surface area (TPSA) is 76.0 Å². The van der Waals surface area contributed by atoms with Gasteiger partial charge in [0.25, 0.3) is 0 Å². The first kappa shape index (κ1) is 14.2. The minimum absolute atomic E-state index is 0.0929. The lowest BCUT2D eigenvalue weighted by atomic mass is 9.46. The van der Waals surface area contributed by atoms with Gasteiger partial charge in [-0.15, -0.1) is 0 Å². The Morgan fingerprint density at radius 1 is 1.35 bits per heavy atom. The minimum Gasteiger partial charge on any atom is -0.393 e. The van der Waals surface area contributed by atoms with E-state index >= 15 is 0 Å². The highest BCUT2D eigenvalue weighted by molar-refractivity contribution is 5.99. The third-order valence-electron chi connectivity index (χ3n) is 5.99. The summed E-state index contributed by atoms with van der Waals surface area (Å²) in [5, 5.41) is 19.9. The Morgan fingerprint density at radius 2 is 2.05 bits per heavy atom. The molecule has 2 bridgehead atoms. The van der Waals surface area contributed by atoms with Crippen molar-refractivity contribution in [1.29, 1.82) is 0 Å². The van der Waals surface area contributed by atoms with Crippen LogP contribution in [0.3, 0.4) is 0 Å². The Morgan fingerprint density at radius 3 is 2.70 bits per heavy atom.